The van der Waals surface area contributed by atoms with Crippen molar-refractivity contribution in [3.05, 3.63) is 47.5 Å². The molecule has 1 heterocycles. The second kappa shape index (κ2) is 11.9. The summed E-state index contributed by atoms with van der Waals surface area (Å²) in [6, 6.07) is 21.9. The zero-order chi connectivity index (χ0) is 27.4. The van der Waals surface area contributed by atoms with E-state index in [2.05, 4.69) is 129 Å². The fourth-order valence-corrected chi connectivity index (χ4v) is 17.9. The van der Waals surface area contributed by atoms with Crippen LogP contribution in [0.4, 0.5) is 0 Å². The molecule has 0 N–H and O–H groups in total. The van der Waals surface area contributed by atoms with Crippen LogP contribution >= 0.6 is 0 Å². The van der Waals surface area contributed by atoms with Gasteiger partial charge < -0.3 is 0 Å². The van der Waals surface area contributed by atoms with Crippen molar-refractivity contribution in [3.63, 3.8) is 0 Å². The maximum Gasteiger partial charge on any atom is 0.138 e. The van der Waals surface area contributed by atoms with Gasteiger partial charge in [0.05, 0.1) is 0 Å². The summed E-state index contributed by atoms with van der Waals surface area (Å²) in [6.07, 6.45) is 0. The minimum Gasteiger partial charge on any atom is -0.126 e. The van der Waals surface area contributed by atoms with Gasteiger partial charge in [-0.3, -0.25) is 0 Å². The molecule has 0 amide bonds. The second-order valence-electron chi connectivity index (χ2n) is 11.9. The Morgan fingerprint density at radius 3 is 1.16 bits per heavy atom. The smallest absolute Gasteiger partial charge is 0.126 e. The van der Waals surface area contributed by atoms with Gasteiger partial charge in [0, 0.05) is 11.1 Å². The summed E-state index contributed by atoms with van der Waals surface area (Å²) in [7, 11) is -4.87. The van der Waals surface area contributed by atoms with E-state index in [-0.39, 0.29) is 0 Å². The van der Waals surface area contributed by atoms with Crippen molar-refractivity contribution in [1.29, 1.82) is 0 Å². The van der Waals surface area contributed by atoms with Crippen LogP contribution in [0.25, 0.3) is 11.1 Å². The van der Waals surface area contributed by atoms with Gasteiger partial charge in [0.25, 0.3) is 0 Å². The van der Waals surface area contributed by atoms with Gasteiger partial charge in [-0.1, -0.05) is 93.2 Å². The second-order valence-corrected chi connectivity index (χ2v) is 26.9. The molecular formula is C34H50Si3. The molecule has 198 valence electrons. The van der Waals surface area contributed by atoms with E-state index in [4.69, 9.17) is 0 Å². The quantitative estimate of drug-likeness (QED) is 0.231. The van der Waals surface area contributed by atoms with Crippen molar-refractivity contribution in [2.75, 3.05) is 0 Å². The number of benzene rings is 2. The molecular weight excluding hydrogens is 493 g/mol. The summed E-state index contributed by atoms with van der Waals surface area (Å²) in [4.78, 5) is 0. The summed E-state index contributed by atoms with van der Waals surface area (Å²) in [5, 5.41) is 3.24. The monoisotopic (exact) mass is 542 g/mol. The van der Waals surface area contributed by atoms with Crippen LogP contribution in [0.15, 0.2) is 36.4 Å². The molecule has 0 spiro atoms. The van der Waals surface area contributed by atoms with E-state index in [1.807, 2.05) is 0 Å². The van der Waals surface area contributed by atoms with Gasteiger partial charge >= 0.3 is 0 Å². The predicted octanol–water partition coefficient (Wildman–Crippen LogP) is 8.85. The van der Waals surface area contributed by atoms with Crippen molar-refractivity contribution in [2.45, 2.75) is 117 Å². The zero-order valence-electron chi connectivity index (χ0n) is 25.4. The molecule has 2 aromatic carbocycles. The van der Waals surface area contributed by atoms with E-state index >= 15 is 0 Å². The lowest BCUT2D eigenvalue weighted by Crippen LogP contribution is -2.60. The van der Waals surface area contributed by atoms with Crippen molar-refractivity contribution >= 4 is 34.6 Å². The molecule has 0 aromatic heterocycles. The molecule has 37 heavy (non-hydrogen) atoms. The Morgan fingerprint density at radius 1 is 0.568 bits per heavy atom. The summed E-state index contributed by atoms with van der Waals surface area (Å²) < 4.78 is 0. The average Bonchev–Trinajstić information content (AvgIpc) is 3.21. The fraction of sp³-hybridized carbons (Fsp3) is 0.529. The van der Waals surface area contributed by atoms with E-state index in [1.54, 1.807) is 10.4 Å². The minimum absolute atomic E-state index is 0.641. The largest absolute Gasteiger partial charge is 0.138 e. The van der Waals surface area contributed by atoms with Gasteiger partial charge in [0.15, 0.2) is 0 Å². The molecule has 0 fully saturated rings. The molecule has 0 radical (unpaired) electrons. The zero-order valence-corrected chi connectivity index (χ0v) is 28.4. The topological polar surface area (TPSA) is 0 Å². The van der Waals surface area contributed by atoms with Crippen LogP contribution in [0.1, 0.15) is 80.4 Å². The maximum absolute atomic E-state index is 3.83. The van der Waals surface area contributed by atoms with Crippen LogP contribution in [-0.2, 0) is 0 Å². The number of hydrogen-bond acceptors (Lipinski definition) is 0. The molecule has 0 nitrogen and oxygen atoms in total. The molecule has 0 saturated heterocycles. The van der Waals surface area contributed by atoms with E-state index in [9.17, 15) is 0 Å². The first-order chi connectivity index (χ1) is 17.6. The molecule has 3 heteroatoms. The standard InChI is InChI=1S/C34H50Si3/c1-11-35(12-2,13-3)23-21-29-17-19-33-31(25-29)32-26-30(22-24-36(14-4,15-5)16-6)18-20-34(32)37(33,27(7)8)28(9)10/h17-20,25-28H,11-16H2,1-10H3. The Labute approximate surface area is 232 Å². The summed E-state index contributed by atoms with van der Waals surface area (Å²) in [5.74, 6) is 7.34. The number of rotatable bonds is 8. The highest BCUT2D eigenvalue weighted by molar-refractivity contribution is 7.07. The summed E-state index contributed by atoms with van der Waals surface area (Å²) in [5.41, 5.74) is 14.2. The van der Waals surface area contributed by atoms with E-state index in [0.717, 1.165) is 0 Å². The lowest BCUT2D eigenvalue weighted by Gasteiger charge is -2.37. The Morgan fingerprint density at radius 2 is 0.892 bits per heavy atom. The molecule has 0 unspecified atom stereocenters. The average molecular weight is 543 g/mol. The van der Waals surface area contributed by atoms with Crippen molar-refractivity contribution in [2.24, 2.45) is 0 Å². The van der Waals surface area contributed by atoms with Gasteiger partial charge in [-0.05, 0) is 93.1 Å². The highest BCUT2D eigenvalue weighted by Crippen LogP contribution is 2.41. The van der Waals surface area contributed by atoms with Crippen molar-refractivity contribution < 1.29 is 0 Å². The molecule has 1 aliphatic rings. The Kier molecular flexibility index (Phi) is 9.61. The van der Waals surface area contributed by atoms with Crippen LogP contribution < -0.4 is 10.4 Å². The fourth-order valence-electron chi connectivity index (χ4n) is 6.91. The van der Waals surface area contributed by atoms with E-state index in [0.29, 0.717) is 11.1 Å². The van der Waals surface area contributed by atoms with Crippen molar-refractivity contribution in [1.82, 2.24) is 0 Å². The molecule has 0 atom stereocenters. The summed E-state index contributed by atoms with van der Waals surface area (Å²) in [6.45, 7) is 23.9. The third-order valence-electron chi connectivity index (χ3n) is 10.0. The summed E-state index contributed by atoms with van der Waals surface area (Å²) >= 11 is 0. The Balaban J connectivity index is 2.24. The SMILES string of the molecule is CC[Si](C#Cc1ccc2c(c1)-c1cc(C#C[Si](CC)(CC)CC)ccc1[Si]2(C(C)C)C(C)C)(CC)CC. The van der Waals surface area contributed by atoms with Crippen LogP contribution in [0.2, 0.25) is 47.3 Å². The van der Waals surface area contributed by atoms with E-state index < -0.39 is 24.2 Å². The van der Waals surface area contributed by atoms with Crippen LogP contribution in [0, 0.1) is 22.9 Å². The first kappa shape index (κ1) is 29.8. The molecule has 2 aromatic rings. The van der Waals surface area contributed by atoms with Crippen LogP contribution in [0.3, 0.4) is 0 Å². The van der Waals surface area contributed by atoms with Crippen molar-refractivity contribution in [3.8, 4) is 34.1 Å². The highest BCUT2D eigenvalue weighted by Gasteiger charge is 2.50. The lowest BCUT2D eigenvalue weighted by atomic mass is 10.0. The first-order valence-corrected chi connectivity index (χ1v) is 22.4. The number of fused-ring (bicyclic) bond motifs is 3. The van der Waals surface area contributed by atoms with Crippen LogP contribution in [-0.4, -0.2) is 24.2 Å². The highest BCUT2D eigenvalue weighted by atomic mass is 28.3. The first-order valence-electron chi connectivity index (χ1n) is 15.0. The van der Waals surface area contributed by atoms with Gasteiger partial charge in [-0.15, -0.1) is 11.1 Å². The van der Waals surface area contributed by atoms with Gasteiger partial charge in [-0.2, -0.15) is 0 Å². The predicted molar refractivity (Wildman–Crippen MR) is 175 cm³/mol. The normalized spacial score (nSPS) is 14.1. The lowest BCUT2D eigenvalue weighted by molar-refractivity contribution is 0.930. The minimum atomic E-state index is -1.91. The van der Waals surface area contributed by atoms with Gasteiger partial charge in [-0.25, -0.2) is 0 Å². The third-order valence-corrected chi connectivity index (χ3v) is 25.8. The molecule has 0 saturated carbocycles. The Hall–Kier alpha value is -1.79. The maximum atomic E-state index is 3.83. The van der Waals surface area contributed by atoms with Gasteiger partial charge in [0.2, 0.25) is 0 Å². The third kappa shape index (κ3) is 5.25. The number of hydrogen-bond donors (Lipinski definition) is 0. The molecule has 0 aliphatic carbocycles. The van der Waals surface area contributed by atoms with Crippen LogP contribution in [0.5, 0.6) is 0 Å². The van der Waals surface area contributed by atoms with E-state index in [1.165, 1.54) is 58.5 Å². The molecule has 1 aliphatic heterocycles. The van der Waals surface area contributed by atoms with Gasteiger partial charge in [0.1, 0.15) is 24.2 Å². The Bertz CT molecular complexity index is 1110. The molecule has 3 rings (SSSR count). The molecule has 0 bridgehead atoms.